The summed E-state index contributed by atoms with van der Waals surface area (Å²) >= 11 is 0. The highest BCUT2D eigenvalue weighted by molar-refractivity contribution is 5.98. The van der Waals surface area contributed by atoms with E-state index < -0.39 is 0 Å². The minimum Gasteiger partial charge on any atom is -0.494 e. The molecule has 0 aliphatic carbocycles. The second-order valence-corrected chi connectivity index (χ2v) is 8.24. The molecular formula is C23H34N2O3. The van der Waals surface area contributed by atoms with Gasteiger partial charge in [0.05, 0.1) is 6.61 Å². The van der Waals surface area contributed by atoms with Gasteiger partial charge in [-0.25, -0.2) is 0 Å². The molecule has 3 unspecified atom stereocenters. The number of amides is 1. The number of benzene rings is 1. The number of hydrogen-bond acceptors (Lipinski definition) is 4. The number of ketones is 1. The van der Waals surface area contributed by atoms with E-state index in [9.17, 15) is 9.59 Å². The molecular weight excluding hydrogens is 352 g/mol. The number of carbonyl (C=O) groups excluding carboxylic acids is 2. The molecule has 0 saturated carbocycles. The van der Waals surface area contributed by atoms with Gasteiger partial charge in [0.25, 0.3) is 0 Å². The molecule has 2 saturated heterocycles. The first-order valence-electron chi connectivity index (χ1n) is 10.8. The van der Waals surface area contributed by atoms with Gasteiger partial charge in [0, 0.05) is 49.6 Å². The molecule has 2 heterocycles. The summed E-state index contributed by atoms with van der Waals surface area (Å²) in [5.74, 6) is 0.898. The molecule has 1 amide bonds. The van der Waals surface area contributed by atoms with Crippen LogP contribution in [-0.2, 0) is 4.79 Å². The van der Waals surface area contributed by atoms with Gasteiger partial charge in [-0.3, -0.25) is 14.5 Å². The Morgan fingerprint density at radius 1 is 1.04 bits per heavy atom. The molecule has 2 fully saturated rings. The maximum absolute atomic E-state index is 12.7. The Balaban J connectivity index is 1.50. The summed E-state index contributed by atoms with van der Waals surface area (Å²) in [5.41, 5.74) is 0.646. The Morgan fingerprint density at radius 2 is 1.71 bits per heavy atom. The molecule has 154 valence electrons. The van der Waals surface area contributed by atoms with Gasteiger partial charge < -0.3 is 9.64 Å². The first-order chi connectivity index (χ1) is 13.5. The lowest BCUT2D eigenvalue weighted by atomic mass is 10.0. The van der Waals surface area contributed by atoms with E-state index in [4.69, 9.17) is 4.74 Å². The summed E-state index contributed by atoms with van der Waals surface area (Å²) in [6.45, 7) is 8.78. The standard InChI is InChI=1S/C23H34N2O3/c1-4-28-21-11-9-19(10-12-21)22(26)13-14-23(27)24-15-5-6-20(16-24)25-17(2)7-8-18(25)3/h9-12,17-18,20H,4-8,13-16H2,1-3H3. The lowest BCUT2D eigenvalue weighted by Gasteiger charge is -2.41. The van der Waals surface area contributed by atoms with Crippen LogP contribution in [0.2, 0.25) is 0 Å². The van der Waals surface area contributed by atoms with E-state index in [-0.39, 0.29) is 18.1 Å². The van der Waals surface area contributed by atoms with Crippen LogP contribution in [0.25, 0.3) is 0 Å². The first-order valence-corrected chi connectivity index (χ1v) is 10.8. The SMILES string of the molecule is CCOc1ccc(C(=O)CCC(=O)N2CCCC(N3C(C)CCC3C)C2)cc1. The van der Waals surface area contributed by atoms with E-state index in [1.165, 1.54) is 19.3 Å². The van der Waals surface area contributed by atoms with Crippen LogP contribution in [0.5, 0.6) is 5.75 Å². The fourth-order valence-corrected chi connectivity index (χ4v) is 4.79. The second kappa shape index (κ2) is 9.55. The minimum atomic E-state index is 0.0201. The van der Waals surface area contributed by atoms with Gasteiger partial charge in [0.1, 0.15) is 5.75 Å². The van der Waals surface area contributed by atoms with Gasteiger partial charge in [-0.2, -0.15) is 0 Å². The van der Waals surface area contributed by atoms with Crippen LogP contribution in [0, 0.1) is 0 Å². The Hall–Kier alpha value is -1.88. The van der Waals surface area contributed by atoms with Crippen LogP contribution in [0.4, 0.5) is 0 Å². The number of likely N-dealkylation sites (tertiary alicyclic amines) is 2. The Bertz CT molecular complexity index is 663. The zero-order valence-electron chi connectivity index (χ0n) is 17.5. The van der Waals surface area contributed by atoms with E-state index in [0.717, 1.165) is 25.3 Å². The van der Waals surface area contributed by atoms with Crippen molar-refractivity contribution in [2.75, 3.05) is 19.7 Å². The summed E-state index contributed by atoms with van der Waals surface area (Å²) in [6, 6.07) is 8.87. The van der Waals surface area contributed by atoms with Crippen molar-refractivity contribution < 1.29 is 14.3 Å². The maximum atomic E-state index is 12.7. The fourth-order valence-electron chi connectivity index (χ4n) is 4.79. The van der Waals surface area contributed by atoms with Crippen molar-refractivity contribution in [1.82, 2.24) is 9.80 Å². The molecule has 5 nitrogen and oxygen atoms in total. The third-order valence-corrected chi connectivity index (χ3v) is 6.24. The summed E-state index contributed by atoms with van der Waals surface area (Å²) in [4.78, 5) is 29.8. The Kier molecular flexibility index (Phi) is 7.11. The number of Topliss-reactive ketones (excluding diaryl/α,β-unsaturated/α-hetero) is 1. The van der Waals surface area contributed by atoms with Gasteiger partial charge in [0.15, 0.2) is 5.78 Å². The van der Waals surface area contributed by atoms with Crippen LogP contribution in [0.15, 0.2) is 24.3 Å². The number of carbonyl (C=O) groups is 2. The molecule has 0 bridgehead atoms. The molecule has 0 radical (unpaired) electrons. The van der Waals surface area contributed by atoms with Crippen molar-refractivity contribution in [2.45, 2.75) is 77.4 Å². The third kappa shape index (κ3) is 4.93. The van der Waals surface area contributed by atoms with Gasteiger partial charge in [-0.15, -0.1) is 0 Å². The van der Waals surface area contributed by atoms with Crippen LogP contribution in [-0.4, -0.2) is 59.3 Å². The largest absolute Gasteiger partial charge is 0.494 e. The van der Waals surface area contributed by atoms with Crippen molar-refractivity contribution in [3.05, 3.63) is 29.8 Å². The monoisotopic (exact) mass is 386 g/mol. The number of rotatable bonds is 7. The molecule has 3 atom stereocenters. The molecule has 0 spiro atoms. The van der Waals surface area contributed by atoms with Crippen molar-refractivity contribution >= 4 is 11.7 Å². The first kappa shape index (κ1) is 20.8. The van der Waals surface area contributed by atoms with E-state index in [1.54, 1.807) is 12.1 Å². The molecule has 5 heteroatoms. The predicted octanol–water partition coefficient (Wildman–Crippen LogP) is 3.91. The summed E-state index contributed by atoms with van der Waals surface area (Å²) < 4.78 is 5.41. The zero-order valence-corrected chi connectivity index (χ0v) is 17.5. The van der Waals surface area contributed by atoms with Crippen LogP contribution in [0.3, 0.4) is 0 Å². The van der Waals surface area contributed by atoms with E-state index >= 15 is 0 Å². The van der Waals surface area contributed by atoms with Gasteiger partial charge >= 0.3 is 0 Å². The molecule has 2 aliphatic heterocycles. The lowest BCUT2D eigenvalue weighted by molar-refractivity contribution is -0.133. The Morgan fingerprint density at radius 3 is 2.36 bits per heavy atom. The highest BCUT2D eigenvalue weighted by atomic mass is 16.5. The molecule has 1 aromatic carbocycles. The number of ether oxygens (including phenoxy) is 1. The zero-order chi connectivity index (χ0) is 20.1. The van der Waals surface area contributed by atoms with Crippen LogP contribution < -0.4 is 4.74 Å². The van der Waals surface area contributed by atoms with E-state index in [0.29, 0.717) is 36.7 Å². The molecule has 3 rings (SSSR count). The average molecular weight is 387 g/mol. The van der Waals surface area contributed by atoms with Crippen molar-refractivity contribution in [1.29, 1.82) is 0 Å². The summed E-state index contributed by atoms with van der Waals surface area (Å²) in [7, 11) is 0. The highest BCUT2D eigenvalue weighted by Gasteiger charge is 2.36. The minimum absolute atomic E-state index is 0.0201. The molecule has 0 aromatic heterocycles. The van der Waals surface area contributed by atoms with E-state index in [1.807, 2.05) is 24.0 Å². The van der Waals surface area contributed by atoms with Crippen LogP contribution in [0.1, 0.15) is 69.7 Å². The van der Waals surface area contributed by atoms with E-state index in [2.05, 4.69) is 18.7 Å². The quantitative estimate of drug-likeness (QED) is 0.667. The fraction of sp³-hybridized carbons (Fsp3) is 0.652. The highest BCUT2D eigenvalue weighted by Crippen LogP contribution is 2.30. The normalized spacial score (nSPS) is 25.7. The topological polar surface area (TPSA) is 49.9 Å². The van der Waals surface area contributed by atoms with Crippen molar-refractivity contribution in [2.24, 2.45) is 0 Å². The number of nitrogens with zero attached hydrogens (tertiary/aromatic N) is 2. The Labute approximate surface area is 169 Å². The predicted molar refractivity (Wildman–Crippen MR) is 111 cm³/mol. The number of hydrogen-bond donors (Lipinski definition) is 0. The molecule has 2 aliphatic rings. The van der Waals surface area contributed by atoms with Crippen molar-refractivity contribution in [3.8, 4) is 5.75 Å². The van der Waals surface area contributed by atoms with Crippen molar-refractivity contribution in [3.63, 3.8) is 0 Å². The van der Waals surface area contributed by atoms with Crippen LogP contribution >= 0.6 is 0 Å². The summed E-state index contributed by atoms with van der Waals surface area (Å²) in [5, 5.41) is 0. The smallest absolute Gasteiger partial charge is 0.223 e. The third-order valence-electron chi connectivity index (χ3n) is 6.24. The number of piperidine rings is 1. The van der Waals surface area contributed by atoms with Gasteiger partial charge in [-0.1, -0.05) is 0 Å². The lowest BCUT2D eigenvalue weighted by Crippen LogP contribution is -2.52. The second-order valence-electron chi connectivity index (χ2n) is 8.24. The van der Waals surface area contributed by atoms with Gasteiger partial charge in [0.2, 0.25) is 5.91 Å². The molecule has 0 N–H and O–H groups in total. The summed E-state index contributed by atoms with van der Waals surface area (Å²) in [6.07, 6.45) is 5.29. The molecule has 1 aromatic rings. The van der Waals surface area contributed by atoms with Gasteiger partial charge in [-0.05, 0) is 70.7 Å². The average Bonchev–Trinajstić information content (AvgIpc) is 3.05. The maximum Gasteiger partial charge on any atom is 0.223 e. The molecule has 28 heavy (non-hydrogen) atoms.